The first-order valence-electron chi connectivity index (χ1n) is 10.3. The van der Waals surface area contributed by atoms with E-state index in [9.17, 15) is 13.2 Å². The predicted octanol–water partition coefficient (Wildman–Crippen LogP) is 2.93. The third-order valence-corrected chi connectivity index (χ3v) is 5.97. The van der Waals surface area contributed by atoms with Gasteiger partial charge in [0.1, 0.15) is 11.3 Å². The Morgan fingerprint density at radius 3 is 2.55 bits per heavy atom. The van der Waals surface area contributed by atoms with Crippen molar-refractivity contribution in [1.82, 2.24) is 15.3 Å². The molecule has 1 atom stereocenters. The lowest BCUT2D eigenvalue weighted by atomic mass is 10.1. The normalized spacial score (nSPS) is 17.4. The zero-order chi connectivity index (χ0) is 22.0. The number of carbonyl (C=O) groups excluding carboxylic acids is 1. The number of nitrogens with zero attached hydrogens (tertiary/aromatic N) is 3. The van der Waals surface area contributed by atoms with Crippen molar-refractivity contribution < 1.29 is 17.9 Å². The van der Waals surface area contributed by atoms with E-state index in [-0.39, 0.29) is 23.4 Å². The summed E-state index contributed by atoms with van der Waals surface area (Å²) in [6.07, 6.45) is 8.20. The van der Waals surface area contributed by atoms with Crippen LogP contribution in [0.4, 0.5) is 5.95 Å². The summed E-state index contributed by atoms with van der Waals surface area (Å²) >= 11 is 0. The fourth-order valence-corrected chi connectivity index (χ4v) is 3.68. The number of amides is 1. The van der Waals surface area contributed by atoms with E-state index in [1.807, 2.05) is 30.1 Å². The number of rotatable bonds is 9. The number of carbonyl (C=O) groups is 1. The maximum absolute atomic E-state index is 13.1. The van der Waals surface area contributed by atoms with E-state index >= 15 is 0 Å². The van der Waals surface area contributed by atoms with Crippen LogP contribution >= 0.6 is 0 Å². The summed E-state index contributed by atoms with van der Waals surface area (Å²) < 4.78 is 29.0. The van der Waals surface area contributed by atoms with Gasteiger partial charge in [0.2, 0.25) is 11.8 Å². The van der Waals surface area contributed by atoms with Crippen molar-refractivity contribution in [3.63, 3.8) is 0 Å². The molecule has 0 bridgehead atoms. The molecule has 1 N–H and O–H groups in total. The number of sulfone groups is 1. The van der Waals surface area contributed by atoms with Gasteiger partial charge in [-0.1, -0.05) is 24.3 Å². The molecule has 2 aliphatic carbocycles. The van der Waals surface area contributed by atoms with Crippen molar-refractivity contribution >= 4 is 21.7 Å². The van der Waals surface area contributed by atoms with Crippen molar-refractivity contribution in [2.75, 3.05) is 18.2 Å². The molecule has 2 aromatic rings. The van der Waals surface area contributed by atoms with Crippen molar-refractivity contribution in [1.29, 1.82) is 0 Å². The van der Waals surface area contributed by atoms with E-state index in [0.717, 1.165) is 37.3 Å². The maximum Gasteiger partial charge on any atom is 0.258 e. The topological polar surface area (TPSA) is 101 Å². The second kappa shape index (κ2) is 8.66. The first kappa shape index (κ1) is 21.3. The lowest BCUT2D eigenvalue weighted by Crippen LogP contribution is -2.35. The highest BCUT2D eigenvalue weighted by Gasteiger charge is 2.33. The van der Waals surface area contributed by atoms with E-state index in [1.165, 1.54) is 6.20 Å². The van der Waals surface area contributed by atoms with Crippen molar-refractivity contribution in [2.24, 2.45) is 5.92 Å². The molecule has 0 spiro atoms. The predicted molar refractivity (Wildman–Crippen MR) is 118 cm³/mol. The monoisotopic (exact) mass is 442 g/mol. The molecule has 9 heteroatoms. The van der Waals surface area contributed by atoms with Crippen LogP contribution in [0.25, 0.3) is 0 Å². The lowest BCUT2D eigenvalue weighted by Gasteiger charge is -2.19. The number of benzene rings is 1. The van der Waals surface area contributed by atoms with Crippen LogP contribution in [0, 0.1) is 5.92 Å². The summed E-state index contributed by atoms with van der Waals surface area (Å²) in [6.45, 7) is 0. The molecule has 0 radical (unpaired) electrons. The molecule has 1 aromatic carbocycles. The Morgan fingerprint density at radius 1 is 1.23 bits per heavy atom. The number of aromatic nitrogens is 2. The van der Waals surface area contributed by atoms with E-state index in [4.69, 9.17) is 4.74 Å². The first-order valence-corrected chi connectivity index (χ1v) is 12.3. The number of para-hydroxylation sites is 1. The summed E-state index contributed by atoms with van der Waals surface area (Å²) in [5.74, 6) is 1.05. The van der Waals surface area contributed by atoms with Crippen LogP contribution in [0.5, 0.6) is 11.6 Å². The standard InChI is InChI=1S/C22H26N4O4S/c1-26(16-10-11-16)22-23-14-18(21(25-22)30-17-6-4-3-5-7-17)20(27)24-19(15-8-9-15)12-13-31(2,28)29/h3-7,12-16,19H,8-11H2,1-2H3,(H,24,27)/b13-12+. The molecule has 0 saturated heterocycles. The average Bonchev–Trinajstić information content (AvgIpc) is 3.63. The summed E-state index contributed by atoms with van der Waals surface area (Å²) in [5, 5.41) is 4.05. The third kappa shape index (κ3) is 5.81. The van der Waals surface area contributed by atoms with E-state index in [0.29, 0.717) is 17.7 Å². The Hall–Kier alpha value is -2.94. The molecule has 1 amide bonds. The fraction of sp³-hybridized carbons (Fsp3) is 0.409. The van der Waals surface area contributed by atoms with Gasteiger partial charge in [-0.25, -0.2) is 13.4 Å². The number of anilines is 1. The number of nitrogens with one attached hydrogen (secondary N) is 1. The van der Waals surface area contributed by atoms with Crippen LogP contribution in [0.1, 0.15) is 36.0 Å². The van der Waals surface area contributed by atoms with Gasteiger partial charge in [0.05, 0.1) is 6.04 Å². The van der Waals surface area contributed by atoms with Gasteiger partial charge in [-0.05, 0) is 43.7 Å². The van der Waals surface area contributed by atoms with Crippen LogP contribution < -0.4 is 15.0 Å². The lowest BCUT2D eigenvalue weighted by molar-refractivity contribution is 0.0937. The minimum Gasteiger partial charge on any atom is -0.438 e. The smallest absolute Gasteiger partial charge is 0.258 e. The van der Waals surface area contributed by atoms with E-state index in [2.05, 4.69) is 15.3 Å². The zero-order valence-corrected chi connectivity index (χ0v) is 18.4. The molecule has 31 heavy (non-hydrogen) atoms. The largest absolute Gasteiger partial charge is 0.438 e. The molecule has 2 saturated carbocycles. The molecule has 2 aliphatic rings. The van der Waals surface area contributed by atoms with E-state index in [1.54, 1.807) is 18.2 Å². The molecule has 8 nitrogen and oxygen atoms in total. The minimum absolute atomic E-state index is 0.169. The second-order valence-electron chi connectivity index (χ2n) is 8.14. The van der Waals surface area contributed by atoms with Gasteiger partial charge in [0.15, 0.2) is 9.84 Å². The van der Waals surface area contributed by atoms with Crippen molar-refractivity contribution in [2.45, 2.75) is 37.8 Å². The molecular weight excluding hydrogens is 416 g/mol. The molecule has 1 aromatic heterocycles. The summed E-state index contributed by atoms with van der Waals surface area (Å²) in [6, 6.07) is 9.16. The van der Waals surface area contributed by atoms with Crippen molar-refractivity contribution in [3.8, 4) is 11.6 Å². The first-order chi connectivity index (χ1) is 14.8. The molecule has 1 unspecified atom stereocenters. The Balaban J connectivity index is 1.60. The average molecular weight is 443 g/mol. The maximum atomic E-state index is 13.1. The summed E-state index contributed by atoms with van der Waals surface area (Å²) in [5.41, 5.74) is 0.204. The Bertz CT molecular complexity index is 1080. The van der Waals surface area contributed by atoms with Crippen LogP contribution in [-0.2, 0) is 9.84 Å². The van der Waals surface area contributed by atoms with Gasteiger partial charge in [0, 0.05) is 31.0 Å². The number of hydrogen-bond acceptors (Lipinski definition) is 7. The van der Waals surface area contributed by atoms with Crippen LogP contribution in [0.15, 0.2) is 48.0 Å². The van der Waals surface area contributed by atoms with Crippen LogP contribution in [0.3, 0.4) is 0 Å². The Morgan fingerprint density at radius 2 is 1.94 bits per heavy atom. The van der Waals surface area contributed by atoms with Gasteiger partial charge in [0.25, 0.3) is 5.91 Å². The van der Waals surface area contributed by atoms with Gasteiger partial charge in [-0.15, -0.1) is 0 Å². The molecule has 1 heterocycles. The van der Waals surface area contributed by atoms with Crippen LogP contribution in [-0.4, -0.2) is 49.7 Å². The minimum atomic E-state index is -3.28. The van der Waals surface area contributed by atoms with Crippen molar-refractivity contribution in [3.05, 3.63) is 53.6 Å². The van der Waals surface area contributed by atoms with Crippen LogP contribution in [0.2, 0.25) is 0 Å². The quantitative estimate of drug-likeness (QED) is 0.637. The highest BCUT2D eigenvalue weighted by Crippen LogP contribution is 2.34. The zero-order valence-electron chi connectivity index (χ0n) is 17.6. The Labute approximate surface area is 182 Å². The fourth-order valence-electron chi connectivity index (χ4n) is 3.22. The summed E-state index contributed by atoms with van der Waals surface area (Å²) in [4.78, 5) is 24.0. The molecule has 2 fully saturated rings. The highest BCUT2D eigenvalue weighted by molar-refractivity contribution is 7.93. The third-order valence-electron chi connectivity index (χ3n) is 5.31. The molecule has 4 rings (SSSR count). The van der Waals surface area contributed by atoms with Gasteiger partial charge >= 0.3 is 0 Å². The van der Waals surface area contributed by atoms with E-state index < -0.39 is 15.7 Å². The SMILES string of the molecule is CN(c1ncc(C(=O)NC(/C=C/S(C)(=O)=O)C2CC2)c(Oc2ccccc2)n1)C1CC1. The van der Waals surface area contributed by atoms with Gasteiger partial charge < -0.3 is 15.0 Å². The number of hydrogen-bond donors (Lipinski definition) is 1. The van der Waals surface area contributed by atoms with Gasteiger partial charge in [-0.3, -0.25) is 4.79 Å². The molecule has 0 aliphatic heterocycles. The van der Waals surface area contributed by atoms with Gasteiger partial charge in [-0.2, -0.15) is 4.98 Å². The molecular formula is C22H26N4O4S. The summed E-state index contributed by atoms with van der Waals surface area (Å²) in [7, 11) is -1.35. The number of ether oxygens (including phenoxy) is 1. The second-order valence-corrected chi connectivity index (χ2v) is 10.1. The Kier molecular flexibility index (Phi) is 5.95. The highest BCUT2D eigenvalue weighted by atomic mass is 32.2. The molecule has 164 valence electrons.